The van der Waals surface area contributed by atoms with Gasteiger partial charge in [0, 0.05) is 10.9 Å². The van der Waals surface area contributed by atoms with Gasteiger partial charge in [0.1, 0.15) is 0 Å². The van der Waals surface area contributed by atoms with Gasteiger partial charge in [0.25, 0.3) is 0 Å². The molecule has 2 heterocycles. The maximum Gasteiger partial charge on any atom is 0.0931 e. The molecule has 2 atom stereocenters. The first-order valence-electron chi connectivity index (χ1n) is 5.21. The zero-order valence-electron chi connectivity index (χ0n) is 8.42. The predicted octanol–water partition coefficient (Wildman–Crippen LogP) is 3.33. The van der Waals surface area contributed by atoms with E-state index >= 15 is 0 Å². The van der Waals surface area contributed by atoms with Crippen LogP contribution in [0.25, 0.3) is 0 Å². The molecule has 3 heteroatoms. The quantitative estimate of drug-likeness (QED) is 0.821. The molecule has 78 valence electrons. The molecule has 0 radical (unpaired) electrons. The van der Waals surface area contributed by atoms with Gasteiger partial charge in [0.2, 0.25) is 0 Å². The van der Waals surface area contributed by atoms with Crippen LogP contribution < -0.4 is 5.32 Å². The second kappa shape index (κ2) is 4.65. The minimum Gasteiger partial charge on any atom is -0.314 e. The maximum absolute atomic E-state index is 5.90. The SMILES string of the molecule is CC1CCNC(Cc2ccc(Cl)s2)C1. The van der Waals surface area contributed by atoms with E-state index in [2.05, 4.69) is 18.3 Å². The molecule has 0 saturated carbocycles. The fraction of sp³-hybridized carbons (Fsp3) is 0.636. The normalized spacial score (nSPS) is 27.9. The third-order valence-electron chi connectivity index (χ3n) is 2.83. The molecule has 1 N–H and O–H groups in total. The van der Waals surface area contributed by atoms with E-state index in [9.17, 15) is 0 Å². The van der Waals surface area contributed by atoms with Gasteiger partial charge in [-0.1, -0.05) is 18.5 Å². The molecule has 1 aliphatic heterocycles. The van der Waals surface area contributed by atoms with Crippen molar-refractivity contribution in [1.82, 2.24) is 5.32 Å². The van der Waals surface area contributed by atoms with Crippen LogP contribution in [0.3, 0.4) is 0 Å². The van der Waals surface area contributed by atoms with Crippen molar-refractivity contribution in [3.8, 4) is 0 Å². The molecule has 1 aliphatic rings. The van der Waals surface area contributed by atoms with Crippen LogP contribution in [0.1, 0.15) is 24.6 Å². The summed E-state index contributed by atoms with van der Waals surface area (Å²) in [6.45, 7) is 3.51. The minimum atomic E-state index is 0.661. The van der Waals surface area contributed by atoms with Crippen molar-refractivity contribution in [3.63, 3.8) is 0 Å². The highest BCUT2D eigenvalue weighted by atomic mass is 35.5. The number of rotatable bonds is 2. The van der Waals surface area contributed by atoms with Crippen molar-refractivity contribution in [2.75, 3.05) is 6.54 Å². The van der Waals surface area contributed by atoms with Gasteiger partial charge in [-0.2, -0.15) is 0 Å². The van der Waals surface area contributed by atoms with E-state index in [4.69, 9.17) is 11.6 Å². The average molecular weight is 230 g/mol. The molecule has 14 heavy (non-hydrogen) atoms. The van der Waals surface area contributed by atoms with Crippen molar-refractivity contribution < 1.29 is 0 Å². The lowest BCUT2D eigenvalue weighted by Gasteiger charge is -2.27. The second-order valence-corrected chi connectivity index (χ2v) is 5.99. The molecular formula is C11H16ClNS. The summed E-state index contributed by atoms with van der Waals surface area (Å²) in [5.41, 5.74) is 0. The Bertz CT molecular complexity index is 297. The smallest absolute Gasteiger partial charge is 0.0931 e. The Morgan fingerprint density at radius 1 is 1.57 bits per heavy atom. The predicted molar refractivity (Wildman–Crippen MR) is 63.2 cm³/mol. The fourth-order valence-corrected chi connectivity index (χ4v) is 3.25. The highest BCUT2D eigenvalue weighted by Crippen LogP contribution is 2.25. The van der Waals surface area contributed by atoms with Crippen LogP contribution in [0, 0.1) is 5.92 Å². The largest absolute Gasteiger partial charge is 0.314 e. The number of halogens is 1. The van der Waals surface area contributed by atoms with Gasteiger partial charge < -0.3 is 5.32 Å². The Morgan fingerprint density at radius 2 is 2.43 bits per heavy atom. The summed E-state index contributed by atoms with van der Waals surface area (Å²) in [6, 6.07) is 4.80. The van der Waals surface area contributed by atoms with Gasteiger partial charge in [-0.05, 0) is 43.9 Å². The molecule has 1 saturated heterocycles. The summed E-state index contributed by atoms with van der Waals surface area (Å²) >= 11 is 7.61. The summed E-state index contributed by atoms with van der Waals surface area (Å²) < 4.78 is 0.906. The monoisotopic (exact) mass is 229 g/mol. The highest BCUT2D eigenvalue weighted by molar-refractivity contribution is 7.16. The number of hydrogen-bond donors (Lipinski definition) is 1. The standard InChI is InChI=1S/C11H16ClNS/c1-8-4-5-13-9(6-8)7-10-2-3-11(12)14-10/h2-3,8-9,13H,4-7H2,1H3. The molecule has 0 amide bonds. The van der Waals surface area contributed by atoms with E-state index in [0.29, 0.717) is 6.04 Å². The van der Waals surface area contributed by atoms with Gasteiger partial charge in [0.05, 0.1) is 4.34 Å². The molecule has 2 unspecified atom stereocenters. The number of thiophene rings is 1. The van der Waals surface area contributed by atoms with Crippen LogP contribution in [-0.2, 0) is 6.42 Å². The first-order valence-corrected chi connectivity index (χ1v) is 6.41. The lowest BCUT2D eigenvalue weighted by atomic mass is 9.92. The third kappa shape index (κ3) is 2.72. The zero-order chi connectivity index (χ0) is 9.97. The van der Waals surface area contributed by atoms with Crippen LogP contribution >= 0.6 is 22.9 Å². The Balaban J connectivity index is 1.90. The Labute approximate surface area is 94.5 Å². The van der Waals surface area contributed by atoms with Crippen molar-refractivity contribution in [3.05, 3.63) is 21.3 Å². The van der Waals surface area contributed by atoms with Crippen molar-refractivity contribution in [2.24, 2.45) is 5.92 Å². The van der Waals surface area contributed by atoms with Crippen molar-refractivity contribution >= 4 is 22.9 Å². The van der Waals surface area contributed by atoms with E-state index in [-0.39, 0.29) is 0 Å². The van der Waals surface area contributed by atoms with Crippen LogP contribution in [-0.4, -0.2) is 12.6 Å². The van der Waals surface area contributed by atoms with E-state index in [1.807, 2.05) is 6.07 Å². The Morgan fingerprint density at radius 3 is 3.07 bits per heavy atom. The summed E-state index contributed by atoms with van der Waals surface area (Å²) in [6.07, 6.45) is 3.76. The van der Waals surface area contributed by atoms with Gasteiger partial charge in [0.15, 0.2) is 0 Å². The first-order chi connectivity index (χ1) is 6.74. The highest BCUT2D eigenvalue weighted by Gasteiger charge is 2.18. The zero-order valence-corrected chi connectivity index (χ0v) is 10.00. The molecule has 0 aromatic carbocycles. The van der Waals surface area contributed by atoms with Crippen LogP contribution in [0.2, 0.25) is 4.34 Å². The molecule has 0 spiro atoms. The molecule has 1 aromatic rings. The number of nitrogens with one attached hydrogen (secondary N) is 1. The van der Waals surface area contributed by atoms with Gasteiger partial charge >= 0.3 is 0 Å². The summed E-state index contributed by atoms with van der Waals surface area (Å²) in [7, 11) is 0. The minimum absolute atomic E-state index is 0.661. The van der Waals surface area contributed by atoms with Gasteiger partial charge in [-0.15, -0.1) is 11.3 Å². The number of piperidine rings is 1. The van der Waals surface area contributed by atoms with Crippen molar-refractivity contribution in [2.45, 2.75) is 32.2 Å². The average Bonchev–Trinajstić information content (AvgIpc) is 2.51. The second-order valence-electron chi connectivity index (χ2n) is 4.19. The Hall–Kier alpha value is -0.0500. The molecule has 1 nitrogen and oxygen atoms in total. The molecule has 0 bridgehead atoms. The summed E-state index contributed by atoms with van der Waals surface area (Å²) in [4.78, 5) is 1.40. The Kier molecular flexibility index (Phi) is 3.47. The van der Waals surface area contributed by atoms with Crippen LogP contribution in [0.5, 0.6) is 0 Å². The number of hydrogen-bond acceptors (Lipinski definition) is 2. The lowest BCUT2D eigenvalue weighted by Crippen LogP contribution is -2.38. The van der Waals surface area contributed by atoms with Gasteiger partial charge in [-0.25, -0.2) is 0 Å². The van der Waals surface area contributed by atoms with Crippen LogP contribution in [0.4, 0.5) is 0 Å². The molecular weight excluding hydrogens is 214 g/mol. The molecule has 1 fully saturated rings. The third-order valence-corrected chi connectivity index (χ3v) is 4.09. The summed E-state index contributed by atoms with van der Waals surface area (Å²) in [5, 5.41) is 3.57. The molecule has 2 rings (SSSR count). The van der Waals surface area contributed by atoms with Crippen LogP contribution in [0.15, 0.2) is 12.1 Å². The van der Waals surface area contributed by atoms with E-state index in [1.54, 1.807) is 11.3 Å². The van der Waals surface area contributed by atoms with Crippen molar-refractivity contribution in [1.29, 1.82) is 0 Å². The molecule has 1 aromatic heterocycles. The van der Waals surface area contributed by atoms with E-state index < -0.39 is 0 Å². The lowest BCUT2D eigenvalue weighted by molar-refractivity contribution is 0.319. The topological polar surface area (TPSA) is 12.0 Å². The van der Waals surface area contributed by atoms with E-state index in [1.165, 1.54) is 24.3 Å². The fourth-order valence-electron chi connectivity index (χ4n) is 2.08. The van der Waals surface area contributed by atoms with E-state index in [0.717, 1.165) is 16.7 Å². The van der Waals surface area contributed by atoms with Gasteiger partial charge in [-0.3, -0.25) is 0 Å². The molecule has 0 aliphatic carbocycles. The maximum atomic E-state index is 5.90. The summed E-state index contributed by atoms with van der Waals surface area (Å²) in [5.74, 6) is 0.872. The first kappa shape index (κ1) is 10.5.